The van der Waals surface area contributed by atoms with E-state index in [0.717, 1.165) is 65.0 Å². The third kappa shape index (κ3) is 10.5. The zero-order valence-electron chi connectivity index (χ0n) is 65.4. The first-order valence-electron chi connectivity index (χ1n) is 42.0. The van der Waals surface area contributed by atoms with E-state index in [4.69, 9.17) is 9.97 Å². The van der Waals surface area contributed by atoms with Crippen molar-refractivity contribution in [2.24, 2.45) is 0 Å². The minimum Gasteiger partial charge on any atom is -0.309 e. The molecule has 4 aliphatic rings. The van der Waals surface area contributed by atoms with Crippen molar-refractivity contribution in [2.45, 2.75) is 57.1 Å². The molecular weight excluding hydrogens is 1490 g/mol. The highest BCUT2D eigenvalue weighted by molar-refractivity contribution is 8.00. The van der Waals surface area contributed by atoms with Crippen LogP contribution in [-0.4, -0.2) is 19.1 Å². The summed E-state index contributed by atoms with van der Waals surface area (Å²) in [6.07, 6.45) is 3.73. The van der Waals surface area contributed by atoms with Crippen LogP contribution in [0, 0.1) is 0 Å². The minimum absolute atomic E-state index is 0.0250. The number of para-hydroxylation sites is 3. The molecule has 0 saturated heterocycles. The number of aryl methyl sites for hydroxylation is 2. The van der Waals surface area contributed by atoms with Crippen LogP contribution in [0.25, 0.3) is 198 Å². The van der Waals surface area contributed by atoms with E-state index in [1.165, 1.54) is 212 Å². The largest absolute Gasteiger partial charge is 0.309 e. The topological polar surface area (TPSA) is 35.6 Å². The van der Waals surface area contributed by atoms with Crippen LogP contribution < -0.4 is 0 Å². The second kappa shape index (κ2) is 26.7. The standard InChI is InChI=1S/C114H72N4S2/c1-4-22-70(23-5-1)113-90-34-14-16-39-99(90)115-114(116-113)89-54-47-68-41-43-74(58-93(68)96-61-73-25-11-10-24-72(73)60-95(89)96)76-49-55-100-97(62-76)110-92-38-20-36-87-85-52-48-78(64-105(85)120-107(112(87)92)66-103(110)118(100)81-30-8-3-9-31-81)71-26-18-27-79(57-71)82-51-45-69-42-44-75(59-94(69)108-83-32-13-12-21-67(83)46-53-88(82)108)77-50-56-101-98(63-77)109-91-37-19-35-86-84-33-15-17-40-104(84)119-106(111(86)91)65-102(109)117(101)80-28-6-2-7-29-80/h1-44,46,48-50,52-53,55-66,82,89H,45,47,51,54H2/t82-,89?/m0/s1. The Morgan fingerprint density at radius 2 is 0.767 bits per heavy atom. The Morgan fingerprint density at radius 1 is 0.258 bits per heavy atom. The summed E-state index contributed by atoms with van der Waals surface area (Å²) < 4.78 is 5.00. The molecule has 2 atom stereocenters. The fraction of sp³-hybridized carbons (Fsp3) is 0.0526. The van der Waals surface area contributed by atoms with Crippen molar-refractivity contribution in [3.8, 4) is 101 Å². The molecule has 1 unspecified atom stereocenters. The molecule has 560 valence electrons. The van der Waals surface area contributed by atoms with Gasteiger partial charge in [-0.2, -0.15) is 0 Å². The Hall–Kier alpha value is -14.1. The molecule has 6 heteroatoms. The van der Waals surface area contributed by atoms with Gasteiger partial charge in [0.2, 0.25) is 0 Å². The van der Waals surface area contributed by atoms with Gasteiger partial charge in [0.05, 0.1) is 33.3 Å². The second-order valence-electron chi connectivity index (χ2n) is 33.1. The van der Waals surface area contributed by atoms with Crippen LogP contribution in [-0.2, 0) is 12.8 Å². The zero-order chi connectivity index (χ0) is 78.4. The lowest BCUT2D eigenvalue weighted by Crippen LogP contribution is -2.09. The van der Waals surface area contributed by atoms with Gasteiger partial charge >= 0.3 is 0 Å². The maximum atomic E-state index is 5.54. The molecule has 5 heterocycles. The Morgan fingerprint density at radius 3 is 1.47 bits per heavy atom. The summed E-state index contributed by atoms with van der Waals surface area (Å²) in [5, 5.41) is 16.4. The molecule has 0 bridgehead atoms. The van der Waals surface area contributed by atoms with Crippen LogP contribution in [0.1, 0.15) is 58.3 Å². The lowest BCUT2D eigenvalue weighted by Gasteiger charge is -2.23. The Bertz CT molecular complexity index is 8180. The average Bonchev–Trinajstić information content (AvgIpc) is 1.52. The summed E-state index contributed by atoms with van der Waals surface area (Å²) in [6.45, 7) is 0. The number of benzene rings is 19. The van der Waals surface area contributed by atoms with E-state index in [0.29, 0.717) is 0 Å². The molecule has 0 N–H and O–H groups in total. The first kappa shape index (κ1) is 68.0. The molecular formula is C114H72N4S2. The number of hydrogen-bond donors (Lipinski definition) is 0. The van der Waals surface area contributed by atoms with E-state index < -0.39 is 0 Å². The van der Waals surface area contributed by atoms with Gasteiger partial charge in [-0.1, -0.05) is 297 Å². The molecule has 0 spiro atoms. The summed E-state index contributed by atoms with van der Waals surface area (Å²) in [6, 6.07) is 142. The number of fused-ring (bicyclic) bond motifs is 22. The lowest BCUT2D eigenvalue weighted by molar-refractivity contribution is 0.685. The highest BCUT2D eigenvalue weighted by atomic mass is 32.2. The second-order valence-corrected chi connectivity index (χ2v) is 35.3. The summed E-state index contributed by atoms with van der Waals surface area (Å²) in [4.78, 5) is 16.1. The van der Waals surface area contributed by atoms with Gasteiger partial charge < -0.3 is 9.13 Å². The molecule has 120 heavy (non-hydrogen) atoms. The molecule has 0 amide bonds. The van der Waals surface area contributed by atoms with E-state index in [2.05, 4.69) is 385 Å². The van der Waals surface area contributed by atoms with Crippen molar-refractivity contribution in [1.82, 2.24) is 19.1 Å². The van der Waals surface area contributed by atoms with Gasteiger partial charge in [-0.05, 0) is 267 Å². The third-order valence-electron chi connectivity index (χ3n) is 26.7. The summed E-state index contributed by atoms with van der Waals surface area (Å²) in [7, 11) is 0. The van der Waals surface area contributed by atoms with Crippen LogP contribution in [0.3, 0.4) is 0 Å². The van der Waals surface area contributed by atoms with E-state index in [1.807, 2.05) is 23.5 Å². The smallest absolute Gasteiger partial charge is 0.137 e. The van der Waals surface area contributed by atoms with Crippen molar-refractivity contribution in [2.75, 3.05) is 0 Å². The first-order valence-corrected chi connectivity index (χ1v) is 43.6. The molecule has 19 aromatic carbocycles. The van der Waals surface area contributed by atoms with Crippen LogP contribution in [0.5, 0.6) is 0 Å². The average molecular weight is 1560 g/mol. The molecule has 22 aromatic rings. The van der Waals surface area contributed by atoms with E-state index in [-0.39, 0.29) is 11.8 Å². The molecule has 0 radical (unpaired) electrons. The van der Waals surface area contributed by atoms with Crippen molar-refractivity contribution >= 4 is 121 Å². The Kier molecular flexibility index (Phi) is 15.1. The van der Waals surface area contributed by atoms with Gasteiger partial charge in [0.1, 0.15) is 5.82 Å². The normalized spacial score (nSPS) is 14.5. The molecule has 26 rings (SSSR count). The predicted octanol–water partition coefficient (Wildman–Crippen LogP) is 30.9. The Balaban J connectivity index is 0.560. The summed E-state index contributed by atoms with van der Waals surface area (Å²) >= 11 is 3.82. The van der Waals surface area contributed by atoms with Gasteiger partial charge in [0, 0.05) is 86.1 Å². The van der Waals surface area contributed by atoms with E-state index in [9.17, 15) is 0 Å². The minimum atomic E-state index is -0.0250. The van der Waals surface area contributed by atoms with Gasteiger partial charge in [-0.25, -0.2) is 9.97 Å². The third-order valence-corrected chi connectivity index (χ3v) is 28.9. The summed E-state index contributed by atoms with van der Waals surface area (Å²) in [5.74, 6) is 1.01. The molecule has 0 fully saturated rings. The first-order chi connectivity index (χ1) is 59.5. The number of nitrogens with zero attached hydrogens (tertiary/aromatic N) is 4. The van der Waals surface area contributed by atoms with Crippen molar-refractivity contribution < 1.29 is 0 Å². The van der Waals surface area contributed by atoms with Gasteiger partial charge in [0.25, 0.3) is 0 Å². The predicted molar refractivity (Wildman–Crippen MR) is 503 cm³/mol. The number of rotatable bonds is 8. The molecule has 0 saturated carbocycles. The lowest BCUT2D eigenvalue weighted by atomic mass is 9.82. The molecule has 3 aromatic heterocycles. The van der Waals surface area contributed by atoms with E-state index >= 15 is 0 Å². The van der Waals surface area contributed by atoms with Crippen molar-refractivity contribution in [3.05, 3.63) is 410 Å². The highest BCUT2D eigenvalue weighted by Crippen LogP contribution is 2.57. The summed E-state index contributed by atoms with van der Waals surface area (Å²) in [5.41, 5.74) is 34.6. The van der Waals surface area contributed by atoms with Crippen molar-refractivity contribution in [3.63, 3.8) is 0 Å². The number of aromatic nitrogens is 4. The van der Waals surface area contributed by atoms with Crippen LogP contribution in [0.15, 0.2) is 396 Å². The van der Waals surface area contributed by atoms with Crippen LogP contribution in [0.4, 0.5) is 0 Å². The highest BCUT2D eigenvalue weighted by Gasteiger charge is 2.33. The molecule has 4 nitrogen and oxygen atoms in total. The van der Waals surface area contributed by atoms with E-state index in [1.54, 1.807) is 0 Å². The molecule has 2 aliphatic heterocycles. The van der Waals surface area contributed by atoms with Crippen LogP contribution in [0.2, 0.25) is 0 Å². The fourth-order valence-corrected chi connectivity index (χ4v) is 23.6. The SMILES string of the molecule is c1ccc(-c2nc(C3CCc4ccc(-c5ccc6c(c5)c5c7cccc8c7c(cc5n6-c5ccccc5)Sc5cc(-c6cccc([C@@H]7CCc9ccc(-c%10ccc%11c(c%10)c%10c%12cccc%13c%12c(cc%10n%11-c%10ccccc%10)Sc%10ccccc%10-%13)cc9-c9c7ccc7ccccc97)c6)ccc5-8)cc4-c4cc5ccccc5cc43)nc3ccccc23)cc1. The van der Waals surface area contributed by atoms with Crippen LogP contribution >= 0.6 is 23.5 Å². The number of hydrogen-bond acceptors (Lipinski definition) is 4. The Labute approximate surface area is 702 Å². The zero-order valence-corrected chi connectivity index (χ0v) is 67.0. The van der Waals surface area contributed by atoms with Gasteiger partial charge in [0.15, 0.2) is 0 Å². The van der Waals surface area contributed by atoms with Gasteiger partial charge in [-0.15, -0.1) is 0 Å². The monoisotopic (exact) mass is 1560 g/mol. The quantitative estimate of drug-likeness (QED) is 0.152. The fourth-order valence-electron chi connectivity index (χ4n) is 21.2. The maximum Gasteiger partial charge on any atom is 0.137 e. The maximum absolute atomic E-state index is 5.54. The van der Waals surface area contributed by atoms with Gasteiger partial charge in [-0.3, -0.25) is 0 Å². The molecule has 2 aliphatic carbocycles. The van der Waals surface area contributed by atoms with Crippen molar-refractivity contribution in [1.29, 1.82) is 0 Å².